The Morgan fingerprint density at radius 3 is 3.04 bits per heavy atom. The molecule has 5 heteroatoms. The second kappa shape index (κ2) is 7.36. The molecule has 1 aliphatic heterocycles. The maximum Gasteiger partial charge on any atom is 0.258 e. The molecule has 3 rings (SSSR count). The van der Waals surface area contributed by atoms with Crippen LogP contribution < -0.4 is 14.8 Å². The first-order valence-electron chi connectivity index (χ1n) is 8.01. The molecule has 0 saturated carbocycles. The fraction of sp³-hybridized carbons (Fsp3) is 0.316. The Labute approximate surface area is 141 Å². The maximum absolute atomic E-state index is 11.9. The van der Waals surface area contributed by atoms with E-state index < -0.39 is 6.10 Å². The van der Waals surface area contributed by atoms with Gasteiger partial charge in [0.25, 0.3) is 5.91 Å². The molecular formula is C19H21NO4. The molecule has 24 heavy (non-hydrogen) atoms. The van der Waals surface area contributed by atoms with Crippen molar-refractivity contribution in [1.82, 2.24) is 5.32 Å². The number of aliphatic hydroxyl groups excluding tert-OH is 1. The van der Waals surface area contributed by atoms with Crippen LogP contribution in [0.5, 0.6) is 11.5 Å². The lowest BCUT2D eigenvalue weighted by Gasteiger charge is -2.13. The van der Waals surface area contributed by atoms with Crippen molar-refractivity contribution in [1.29, 1.82) is 0 Å². The van der Waals surface area contributed by atoms with E-state index in [9.17, 15) is 9.90 Å². The number of nitrogens with one attached hydrogen (secondary N) is 1. The fourth-order valence-corrected chi connectivity index (χ4v) is 2.65. The van der Waals surface area contributed by atoms with Crippen LogP contribution in [0, 0.1) is 6.92 Å². The predicted molar refractivity (Wildman–Crippen MR) is 90.3 cm³/mol. The summed E-state index contributed by atoms with van der Waals surface area (Å²) in [6.45, 7) is 2.72. The van der Waals surface area contributed by atoms with Gasteiger partial charge in [0.05, 0.1) is 12.7 Å². The minimum absolute atomic E-state index is 0.0752. The molecule has 0 aliphatic carbocycles. The molecule has 2 aromatic rings. The number of hydrogen-bond donors (Lipinski definition) is 2. The highest BCUT2D eigenvalue weighted by Gasteiger charge is 2.16. The highest BCUT2D eigenvalue weighted by Crippen LogP contribution is 2.27. The summed E-state index contributed by atoms with van der Waals surface area (Å²) in [4.78, 5) is 11.9. The van der Waals surface area contributed by atoms with Crippen LogP contribution in [0.4, 0.5) is 0 Å². The lowest BCUT2D eigenvalue weighted by Crippen LogP contribution is -2.32. The molecule has 1 heterocycles. The van der Waals surface area contributed by atoms with Gasteiger partial charge < -0.3 is 19.9 Å². The zero-order valence-electron chi connectivity index (χ0n) is 13.6. The Balaban J connectivity index is 1.47. The highest BCUT2D eigenvalue weighted by atomic mass is 16.5. The van der Waals surface area contributed by atoms with Crippen molar-refractivity contribution >= 4 is 5.91 Å². The molecule has 2 aromatic carbocycles. The maximum atomic E-state index is 11.9. The first-order valence-corrected chi connectivity index (χ1v) is 8.01. The second-order valence-electron chi connectivity index (χ2n) is 5.89. The number of rotatable bonds is 6. The monoisotopic (exact) mass is 327 g/mol. The summed E-state index contributed by atoms with van der Waals surface area (Å²) in [6.07, 6.45) is 0.103. The average Bonchev–Trinajstić information content (AvgIpc) is 3.05. The highest BCUT2D eigenvalue weighted by molar-refractivity contribution is 5.77. The SMILES string of the molecule is Cc1cccc(OCC(=O)NCC(O)c2ccc3c(c2)CCO3)c1. The molecule has 1 unspecified atom stereocenters. The van der Waals surface area contributed by atoms with Crippen molar-refractivity contribution in [3.63, 3.8) is 0 Å². The Hall–Kier alpha value is -2.53. The van der Waals surface area contributed by atoms with E-state index in [1.54, 1.807) is 0 Å². The van der Waals surface area contributed by atoms with Crippen molar-refractivity contribution < 1.29 is 19.4 Å². The quantitative estimate of drug-likeness (QED) is 0.853. The van der Waals surface area contributed by atoms with Crippen LogP contribution in [0.1, 0.15) is 22.8 Å². The summed E-state index contributed by atoms with van der Waals surface area (Å²) in [5.41, 5.74) is 2.95. The van der Waals surface area contributed by atoms with Crippen LogP contribution in [0.25, 0.3) is 0 Å². The standard InChI is InChI=1S/C19H21NO4/c1-13-3-2-4-16(9-13)24-12-19(22)20-11-17(21)14-5-6-18-15(10-14)7-8-23-18/h2-6,9-10,17,21H,7-8,11-12H2,1H3,(H,20,22). The molecule has 0 bridgehead atoms. The molecule has 0 saturated heterocycles. The van der Waals surface area contributed by atoms with Crippen LogP contribution >= 0.6 is 0 Å². The zero-order chi connectivity index (χ0) is 16.9. The topological polar surface area (TPSA) is 67.8 Å². The smallest absolute Gasteiger partial charge is 0.258 e. The molecule has 2 N–H and O–H groups in total. The minimum atomic E-state index is -0.751. The van der Waals surface area contributed by atoms with Gasteiger partial charge in [-0.15, -0.1) is 0 Å². The third-order valence-corrected chi connectivity index (χ3v) is 3.95. The lowest BCUT2D eigenvalue weighted by atomic mass is 10.0. The fourth-order valence-electron chi connectivity index (χ4n) is 2.65. The van der Waals surface area contributed by atoms with E-state index in [0.717, 1.165) is 28.9 Å². The Kier molecular flexibility index (Phi) is 5.01. The lowest BCUT2D eigenvalue weighted by molar-refractivity contribution is -0.123. The van der Waals surface area contributed by atoms with Crippen molar-refractivity contribution in [3.05, 3.63) is 59.2 Å². The van der Waals surface area contributed by atoms with Crippen LogP contribution in [0.3, 0.4) is 0 Å². The minimum Gasteiger partial charge on any atom is -0.493 e. The van der Waals surface area contributed by atoms with E-state index in [1.807, 2.05) is 49.4 Å². The average molecular weight is 327 g/mol. The van der Waals surface area contributed by atoms with Gasteiger partial charge in [0.15, 0.2) is 6.61 Å². The molecule has 1 atom stereocenters. The second-order valence-corrected chi connectivity index (χ2v) is 5.89. The van der Waals surface area contributed by atoms with Gasteiger partial charge in [0, 0.05) is 13.0 Å². The van der Waals surface area contributed by atoms with Gasteiger partial charge in [0.2, 0.25) is 0 Å². The number of amides is 1. The van der Waals surface area contributed by atoms with Gasteiger partial charge in [-0.2, -0.15) is 0 Å². The third kappa shape index (κ3) is 4.06. The number of ether oxygens (including phenoxy) is 2. The summed E-state index contributed by atoms with van der Waals surface area (Å²) < 4.78 is 10.9. The van der Waals surface area contributed by atoms with Crippen LogP contribution in [0.2, 0.25) is 0 Å². The summed E-state index contributed by atoms with van der Waals surface area (Å²) in [6, 6.07) is 13.1. The molecule has 1 amide bonds. The number of benzene rings is 2. The van der Waals surface area contributed by atoms with E-state index in [1.165, 1.54) is 0 Å². The van der Waals surface area contributed by atoms with Gasteiger partial charge >= 0.3 is 0 Å². The van der Waals surface area contributed by atoms with Gasteiger partial charge in [-0.25, -0.2) is 0 Å². The normalized spacial score (nSPS) is 13.8. The Morgan fingerprint density at radius 1 is 1.33 bits per heavy atom. The van der Waals surface area contributed by atoms with E-state index in [-0.39, 0.29) is 19.1 Å². The number of aryl methyl sites for hydroxylation is 1. The molecule has 0 aromatic heterocycles. The molecule has 0 radical (unpaired) electrons. The Morgan fingerprint density at radius 2 is 2.21 bits per heavy atom. The van der Waals surface area contributed by atoms with E-state index in [2.05, 4.69) is 5.32 Å². The number of carbonyl (C=O) groups excluding carboxylic acids is 1. The van der Waals surface area contributed by atoms with Crippen molar-refractivity contribution in [2.45, 2.75) is 19.4 Å². The van der Waals surface area contributed by atoms with Crippen LogP contribution in [-0.4, -0.2) is 30.8 Å². The molecule has 1 aliphatic rings. The molecule has 5 nitrogen and oxygen atoms in total. The summed E-state index contributed by atoms with van der Waals surface area (Å²) in [7, 11) is 0. The number of hydrogen-bond acceptors (Lipinski definition) is 4. The van der Waals surface area contributed by atoms with Gasteiger partial charge in [-0.05, 0) is 47.9 Å². The van der Waals surface area contributed by atoms with Gasteiger partial charge in [-0.3, -0.25) is 4.79 Å². The van der Waals surface area contributed by atoms with Gasteiger partial charge in [-0.1, -0.05) is 18.2 Å². The summed E-state index contributed by atoms with van der Waals surface area (Å²) >= 11 is 0. The zero-order valence-corrected chi connectivity index (χ0v) is 13.6. The molecule has 0 spiro atoms. The van der Waals surface area contributed by atoms with Crippen LogP contribution in [-0.2, 0) is 11.2 Å². The predicted octanol–water partition coefficient (Wildman–Crippen LogP) is 2.16. The number of fused-ring (bicyclic) bond motifs is 1. The molecule has 126 valence electrons. The first-order chi connectivity index (χ1) is 11.6. The van der Waals surface area contributed by atoms with Crippen molar-refractivity contribution in [2.75, 3.05) is 19.8 Å². The largest absolute Gasteiger partial charge is 0.493 e. The molecular weight excluding hydrogens is 306 g/mol. The number of carbonyl (C=O) groups is 1. The van der Waals surface area contributed by atoms with E-state index in [0.29, 0.717) is 12.4 Å². The van der Waals surface area contributed by atoms with Crippen molar-refractivity contribution in [2.24, 2.45) is 0 Å². The third-order valence-electron chi connectivity index (χ3n) is 3.95. The summed E-state index contributed by atoms with van der Waals surface area (Å²) in [5.74, 6) is 1.27. The summed E-state index contributed by atoms with van der Waals surface area (Å²) in [5, 5.41) is 12.9. The first kappa shape index (κ1) is 16.3. The molecule has 0 fully saturated rings. The Bertz CT molecular complexity index is 729. The van der Waals surface area contributed by atoms with Crippen LogP contribution in [0.15, 0.2) is 42.5 Å². The van der Waals surface area contributed by atoms with Crippen molar-refractivity contribution in [3.8, 4) is 11.5 Å². The van der Waals surface area contributed by atoms with Gasteiger partial charge in [0.1, 0.15) is 11.5 Å². The van der Waals surface area contributed by atoms with E-state index in [4.69, 9.17) is 9.47 Å². The van der Waals surface area contributed by atoms with E-state index >= 15 is 0 Å². The number of aliphatic hydroxyl groups is 1.